The van der Waals surface area contributed by atoms with E-state index in [4.69, 9.17) is 5.11 Å². The Kier molecular flexibility index (Phi) is 4.70. The molecule has 6 heteroatoms. The summed E-state index contributed by atoms with van der Waals surface area (Å²) in [5.41, 5.74) is 0.821. The van der Waals surface area contributed by atoms with E-state index in [1.807, 2.05) is 4.90 Å². The van der Waals surface area contributed by atoms with E-state index in [1.54, 1.807) is 13.0 Å². The lowest BCUT2D eigenvalue weighted by Crippen LogP contribution is -2.45. The lowest BCUT2D eigenvalue weighted by Gasteiger charge is -2.30. The van der Waals surface area contributed by atoms with Crippen molar-refractivity contribution in [3.63, 3.8) is 0 Å². The van der Waals surface area contributed by atoms with Crippen molar-refractivity contribution in [3.8, 4) is 0 Å². The number of anilines is 1. The Balaban J connectivity index is 1.98. The molecule has 0 spiro atoms. The van der Waals surface area contributed by atoms with Crippen LogP contribution in [0.2, 0.25) is 0 Å². The number of nitrogens with one attached hydrogen (secondary N) is 1. The van der Waals surface area contributed by atoms with Crippen LogP contribution in [0.3, 0.4) is 0 Å². The van der Waals surface area contributed by atoms with Gasteiger partial charge >= 0.3 is 5.97 Å². The van der Waals surface area contributed by atoms with Gasteiger partial charge in [0.1, 0.15) is 5.82 Å². The second-order valence-corrected chi connectivity index (χ2v) is 4.97. The third kappa shape index (κ3) is 3.88. The van der Waals surface area contributed by atoms with Gasteiger partial charge in [0.25, 0.3) is 0 Å². The van der Waals surface area contributed by atoms with Crippen LogP contribution >= 0.6 is 0 Å². The maximum absolute atomic E-state index is 12.8. The topological polar surface area (TPSA) is 69.6 Å². The third-order valence-corrected chi connectivity index (χ3v) is 3.49. The highest BCUT2D eigenvalue weighted by Gasteiger charge is 2.25. The van der Waals surface area contributed by atoms with Crippen molar-refractivity contribution in [1.29, 1.82) is 0 Å². The van der Waals surface area contributed by atoms with Gasteiger partial charge < -0.3 is 10.4 Å². The molecule has 0 radical (unpaired) electrons. The molecule has 1 aliphatic rings. The molecular weight excluding hydrogens is 275 g/mol. The molecule has 1 heterocycles. The fourth-order valence-corrected chi connectivity index (χ4v) is 2.20. The van der Waals surface area contributed by atoms with Crippen molar-refractivity contribution in [2.45, 2.75) is 19.4 Å². The quantitative estimate of drug-likeness (QED) is 0.889. The highest BCUT2D eigenvalue weighted by molar-refractivity contribution is 5.94. The monoisotopic (exact) mass is 292 g/mol. The minimum atomic E-state index is -0.953. The van der Waals surface area contributed by atoms with Crippen molar-refractivity contribution in [3.05, 3.63) is 41.7 Å². The summed E-state index contributed by atoms with van der Waals surface area (Å²) in [6.07, 6.45) is 2.29. The minimum absolute atomic E-state index is 0.242. The average Bonchev–Trinajstić information content (AvgIpc) is 2.49. The molecule has 2 rings (SSSR count). The number of amides is 1. The van der Waals surface area contributed by atoms with Crippen LogP contribution in [0.25, 0.3) is 0 Å². The van der Waals surface area contributed by atoms with Gasteiger partial charge in [0.15, 0.2) is 0 Å². The first-order chi connectivity index (χ1) is 9.97. The summed E-state index contributed by atoms with van der Waals surface area (Å²) in [5, 5.41) is 11.7. The first-order valence-corrected chi connectivity index (χ1v) is 6.70. The molecule has 0 aromatic heterocycles. The molecule has 0 bridgehead atoms. The molecule has 1 aromatic carbocycles. The van der Waals surface area contributed by atoms with Gasteiger partial charge in [-0.3, -0.25) is 9.69 Å². The standard InChI is InChI=1S/C15H17FN2O3/c1-10(18-8-2-3-11(9-18)15(20)21)14(19)17-13-6-4-12(16)5-7-13/h3-7,10H,2,8-9H2,1H3,(H,17,19)(H,20,21). The molecule has 1 atom stereocenters. The van der Waals surface area contributed by atoms with Crippen LogP contribution in [-0.4, -0.2) is 41.0 Å². The molecular formula is C15H17FN2O3. The van der Waals surface area contributed by atoms with Crippen LogP contribution in [0.5, 0.6) is 0 Å². The maximum Gasteiger partial charge on any atom is 0.332 e. The van der Waals surface area contributed by atoms with Crippen molar-refractivity contribution in [2.75, 3.05) is 18.4 Å². The predicted molar refractivity (Wildman–Crippen MR) is 76.4 cm³/mol. The van der Waals surface area contributed by atoms with Crippen LogP contribution in [0.15, 0.2) is 35.9 Å². The van der Waals surface area contributed by atoms with E-state index in [1.165, 1.54) is 24.3 Å². The van der Waals surface area contributed by atoms with Gasteiger partial charge in [-0.2, -0.15) is 0 Å². The van der Waals surface area contributed by atoms with E-state index in [-0.39, 0.29) is 18.3 Å². The molecule has 1 aromatic rings. The number of rotatable bonds is 4. The first-order valence-electron chi connectivity index (χ1n) is 6.70. The van der Waals surface area contributed by atoms with Crippen LogP contribution in [-0.2, 0) is 9.59 Å². The fraction of sp³-hybridized carbons (Fsp3) is 0.333. The second-order valence-electron chi connectivity index (χ2n) is 4.97. The Hall–Kier alpha value is -2.21. The molecule has 1 amide bonds. The van der Waals surface area contributed by atoms with Gasteiger partial charge in [-0.1, -0.05) is 6.08 Å². The van der Waals surface area contributed by atoms with Gasteiger partial charge in [-0.15, -0.1) is 0 Å². The molecule has 0 saturated carbocycles. The van der Waals surface area contributed by atoms with E-state index < -0.39 is 12.0 Å². The number of hydrogen-bond donors (Lipinski definition) is 2. The van der Waals surface area contributed by atoms with E-state index in [0.29, 0.717) is 24.2 Å². The molecule has 21 heavy (non-hydrogen) atoms. The van der Waals surface area contributed by atoms with Gasteiger partial charge in [-0.25, -0.2) is 9.18 Å². The smallest absolute Gasteiger partial charge is 0.332 e. The Labute approximate surface area is 122 Å². The van der Waals surface area contributed by atoms with E-state index >= 15 is 0 Å². The number of carboxylic acid groups (broad SMARTS) is 1. The Bertz CT molecular complexity index is 569. The number of carboxylic acids is 1. The zero-order chi connectivity index (χ0) is 15.4. The average molecular weight is 292 g/mol. The Morgan fingerprint density at radius 1 is 1.33 bits per heavy atom. The van der Waals surface area contributed by atoms with Gasteiger partial charge in [0.2, 0.25) is 5.91 Å². The third-order valence-electron chi connectivity index (χ3n) is 3.49. The molecule has 0 fully saturated rings. The van der Waals surface area contributed by atoms with Crippen molar-refractivity contribution < 1.29 is 19.1 Å². The number of halogens is 1. The van der Waals surface area contributed by atoms with Crippen molar-refractivity contribution in [2.24, 2.45) is 0 Å². The number of carbonyl (C=O) groups is 2. The second kappa shape index (κ2) is 6.49. The van der Waals surface area contributed by atoms with Gasteiger partial charge in [0, 0.05) is 24.4 Å². The zero-order valence-electron chi connectivity index (χ0n) is 11.7. The predicted octanol–water partition coefficient (Wildman–Crippen LogP) is 1.87. The highest BCUT2D eigenvalue weighted by Crippen LogP contribution is 2.15. The number of benzene rings is 1. The lowest BCUT2D eigenvalue weighted by molar-refractivity contribution is -0.133. The van der Waals surface area contributed by atoms with Gasteiger partial charge in [0.05, 0.1) is 6.04 Å². The van der Waals surface area contributed by atoms with E-state index in [9.17, 15) is 14.0 Å². The molecule has 0 aliphatic carbocycles. The molecule has 1 unspecified atom stereocenters. The lowest BCUT2D eigenvalue weighted by atomic mass is 10.1. The zero-order valence-corrected chi connectivity index (χ0v) is 11.7. The normalized spacial score (nSPS) is 17.0. The summed E-state index contributed by atoms with van der Waals surface area (Å²) >= 11 is 0. The molecule has 2 N–H and O–H groups in total. The van der Waals surface area contributed by atoms with E-state index in [0.717, 1.165) is 0 Å². The molecule has 5 nitrogen and oxygen atoms in total. The van der Waals surface area contributed by atoms with Crippen LogP contribution in [0.4, 0.5) is 10.1 Å². The molecule has 1 aliphatic heterocycles. The summed E-state index contributed by atoms with van der Waals surface area (Å²) in [6, 6.07) is 5.05. The summed E-state index contributed by atoms with van der Waals surface area (Å²) in [7, 11) is 0. The van der Waals surface area contributed by atoms with Gasteiger partial charge in [-0.05, 0) is 37.6 Å². The summed E-state index contributed by atoms with van der Waals surface area (Å²) in [6.45, 7) is 2.60. The Morgan fingerprint density at radius 2 is 2.00 bits per heavy atom. The summed E-state index contributed by atoms with van der Waals surface area (Å²) in [5.74, 6) is -1.56. The summed E-state index contributed by atoms with van der Waals surface area (Å²) < 4.78 is 12.8. The molecule has 112 valence electrons. The minimum Gasteiger partial charge on any atom is -0.478 e. The SMILES string of the molecule is CC(C(=O)Nc1ccc(F)cc1)N1CCC=C(C(=O)O)C1. The molecule has 0 saturated heterocycles. The number of hydrogen-bond acceptors (Lipinski definition) is 3. The van der Waals surface area contributed by atoms with Crippen molar-refractivity contribution >= 4 is 17.6 Å². The fourth-order valence-electron chi connectivity index (χ4n) is 2.20. The largest absolute Gasteiger partial charge is 0.478 e. The van der Waals surface area contributed by atoms with Crippen LogP contribution in [0.1, 0.15) is 13.3 Å². The van der Waals surface area contributed by atoms with E-state index in [2.05, 4.69) is 5.32 Å². The van der Waals surface area contributed by atoms with Crippen LogP contribution in [0, 0.1) is 5.82 Å². The van der Waals surface area contributed by atoms with Crippen molar-refractivity contribution in [1.82, 2.24) is 4.90 Å². The first kappa shape index (κ1) is 15.2. The number of aliphatic carboxylic acids is 1. The summed E-state index contributed by atoms with van der Waals surface area (Å²) in [4.78, 5) is 25.0. The highest BCUT2D eigenvalue weighted by atomic mass is 19.1. The number of nitrogens with zero attached hydrogens (tertiary/aromatic N) is 1. The number of carbonyl (C=O) groups excluding carboxylic acids is 1. The van der Waals surface area contributed by atoms with Crippen LogP contribution < -0.4 is 5.32 Å². The Morgan fingerprint density at radius 3 is 2.62 bits per heavy atom. The maximum atomic E-state index is 12.8.